The lowest BCUT2D eigenvalue weighted by Crippen LogP contribution is -2.32. The fourth-order valence-electron chi connectivity index (χ4n) is 3.38. The molecule has 0 saturated heterocycles. The van der Waals surface area contributed by atoms with Crippen LogP contribution in [0.1, 0.15) is 34.6 Å². The Morgan fingerprint density at radius 1 is 1.22 bits per heavy atom. The zero-order chi connectivity index (χ0) is 18.9. The standard InChI is InChI=1S/C21H22N4O2/c1-15-16(13-24-25(15)17-7-3-4-8-18(17)27-2)20(26)23-14-21(10-11-21)19-9-5-6-12-22-19/h3-9,12-13H,10-11,14H2,1-2H3,(H,23,26). The topological polar surface area (TPSA) is 69.0 Å². The number of amides is 1. The molecule has 0 aliphatic heterocycles. The van der Waals surface area contributed by atoms with Crippen molar-refractivity contribution in [2.75, 3.05) is 13.7 Å². The lowest BCUT2D eigenvalue weighted by molar-refractivity contribution is 0.0949. The van der Waals surface area contributed by atoms with E-state index in [-0.39, 0.29) is 11.3 Å². The maximum absolute atomic E-state index is 12.8. The Kier molecular flexibility index (Phi) is 4.39. The molecule has 0 bridgehead atoms. The summed E-state index contributed by atoms with van der Waals surface area (Å²) in [6, 6.07) is 13.5. The Morgan fingerprint density at radius 2 is 2.00 bits per heavy atom. The molecular formula is C21H22N4O2. The fourth-order valence-corrected chi connectivity index (χ4v) is 3.38. The number of rotatable bonds is 6. The van der Waals surface area contributed by atoms with Crippen molar-refractivity contribution in [1.82, 2.24) is 20.1 Å². The van der Waals surface area contributed by atoms with E-state index in [2.05, 4.69) is 15.4 Å². The molecule has 2 aromatic heterocycles. The van der Waals surface area contributed by atoms with E-state index >= 15 is 0 Å². The van der Waals surface area contributed by atoms with Crippen molar-refractivity contribution >= 4 is 5.91 Å². The van der Waals surface area contributed by atoms with E-state index in [4.69, 9.17) is 4.74 Å². The summed E-state index contributed by atoms with van der Waals surface area (Å²) in [5, 5.41) is 7.47. The molecule has 3 aromatic rings. The van der Waals surface area contributed by atoms with Gasteiger partial charge in [-0.1, -0.05) is 18.2 Å². The molecule has 1 amide bonds. The minimum Gasteiger partial charge on any atom is -0.494 e. The molecule has 0 unspecified atom stereocenters. The van der Waals surface area contributed by atoms with Crippen molar-refractivity contribution in [2.24, 2.45) is 0 Å². The second kappa shape index (κ2) is 6.87. The highest BCUT2D eigenvalue weighted by Gasteiger charge is 2.45. The molecule has 2 heterocycles. The molecule has 1 N–H and O–H groups in total. The van der Waals surface area contributed by atoms with Gasteiger partial charge in [0.2, 0.25) is 0 Å². The molecule has 27 heavy (non-hydrogen) atoms. The van der Waals surface area contributed by atoms with Crippen LogP contribution in [-0.2, 0) is 5.41 Å². The highest BCUT2D eigenvalue weighted by Crippen LogP contribution is 2.46. The van der Waals surface area contributed by atoms with Crippen molar-refractivity contribution in [3.05, 3.63) is 71.8 Å². The van der Waals surface area contributed by atoms with Crippen LogP contribution in [0.25, 0.3) is 5.69 Å². The molecule has 1 fully saturated rings. The first-order valence-corrected chi connectivity index (χ1v) is 9.02. The van der Waals surface area contributed by atoms with E-state index in [0.29, 0.717) is 17.9 Å². The molecule has 0 radical (unpaired) electrons. The maximum atomic E-state index is 12.8. The lowest BCUT2D eigenvalue weighted by atomic mass is 10.0. The number of para-hydroxylation sites is 2. The van der Waals surface area contributed by atoms with Crippen molar-refractivity contribution < 1.29 is 9.53 Å². The van der Waals surface area contributed by atoms with Crippen molar-refractivity contribution in [2.45, 2.75) is 25.2 Å². The van der Waals surface area contributed by atoms with Crippen molar-refractivity contribution in [3.63, 3.8) is 0 Å². The predicted molar refractivity (Wildman–Crippen MR) is 102 cm³/mol. The van der Waals surface area contributed by atoms with Crippen LogP contribution in [0.3, 0.4) is 0 Å². The van der Waals surface area contributed by atoms with Crippen LogP contribution in [0.2, 0.25) is 0 Å². The lowest BCUT2D eigenvalue weighted by Gasteiger charge is -2.15. The number of carbonyl (C=O) groups is 1. The Labute approximate surface area is 158 Å². The number of methoxy groups -OCH3 is 1. The van der Waals surface area contributed by atoms with Gasteiger partial charge in [0.15, 0.2) is 0 Å². The smallest absolute Gasteiger partial charge is 0.254 e. The number of aromatic nitrogens is 3. The summed E-state index contributed by atoms with van der Waals surface area (Å²) in [6.07, 6.45) is 5.50. The summed E-state index contributed by atoms with van der Waals surface area (Å²) >= 11 is 0. The fraction of sp³-hybridized carbons (Fsp3) is 0.286. The van der Waals surface area contributed by atoms with Gasteiger partial charge in [-0.3, -0.25) is 9.78 Å². The Bertz CT molecular complexity index is 961. The van der Waals surface area contributed by atoms with Crippen LogP contribution in [-0.4, -0.2) is 34.3 Å². The van der Waals surface area contributed by atoms with Gasteiger partial charge in [0, 0.05) is 23.9 Å². The van der Waals surface area contributed by atoms with Gasteiger partial charge >= 0.3 is 0 Å². The highest BCUT2D eigenvalue weighted by molar-refractivity contribution is 5.95. The summed E-state index contributed by atoms with van der Waals surface area (Å²) in [7, 11) is 1.62. The van der Waals surface area contributed by atoms with Crippen LogP contribution in [0.4, 0.5) is 0 Å². The van der Waals surface area contributed by atoms with Gasteiger partial charge in [0.1, 0.15) is 11.4 Å². The van der Waals surface area contributed by atoms with Gasteiger partial charge in [-0.05, 0) is 44.0 Å². The minimum atomic E-state index is -0.115. The molecule has 138 valence electrons. The number of nitrogens with one attached hydrogen (secondary N) is 1. The van der Waals surface area contributed by atoms with E-state index in [1.807, 2.05) is 49.4 Å². The summed E-state index contributed by atoms with van der Waals surface area (Å²) < 4.78 is 7.14. The molecule has 1 aromatic carbocycles. The number of hydrogen-bond donors (Lipinski definition) is 1. The third kappa shape index (κ3) is 3.18. The van der Waals surface area contributed by atoms with E-state index in [1.165, 1.54) is 0 Å². The number of carbonyl (C=O) groups excluding carboxylic acids is 1. The Balaban J connectivity index is 1.51. The normalized spacial score (nSPS) is 14.6. The molecule has 6 nitrogen and oxygen atoms in total. The monoisotopic (exact) mass is 362 g/mol. The van der Waals surface area contributed by atoms with Crippen LogP contribution < -0.4 is 10.1 Å². The number of pyridine rings is 1. The van der Waals surface area contributed by atoms with Gasteiger partial charge in [0.25, 0.3) is 5.91 Å². The van der Waals surface area contributed by atoms with Crippen molar-refractivity contribution in [1.29, 1.82) is 0 Å². The van der Waals surface area contributed by atoms with Gasteiger partial charge in [-0.25, -0.2) is 4.68 Å². The number of ether oxygens (including phenoxy) is 1. The first-order valence-electron chi connectivity index (χ1n) is 9.02. The zero-order valence-corrected chi connectivity index (χ0v) is 15.5. The van der Waals surface area contributed by atoms with Crippen LogP contribution in [0, 0.1) is 6.92 Å². The minimum absolute atomic E-state index is 0.0243. The molecule has 1 saturated carbocycles. The molecule has 1 aliphatic rings. The quantitative estimate of drug-likeness (QED) is 0.732. The van der Waals surface area contributed by atoms with E-state index in [0.717, 1.165) is 29.9 Å². The summed E-state index contributed by atoms with van der Waals surface area (Å²) in [6.45, 7) is 2.47. The molecule has 6 heteroatoms. The summed E-state index contributed by atoms with van der Waals surface area (Å²) in [4.78, 5) is 17.2. The van der Waals surface area contributed by atoms with Crippen LogP contribution in [0.15, 0.2) is 54.9 Å². The second-order valence-electron chi connectivity index (χ2n) is 6.91. The summed E-state index contributed by atoms with van der Waals surface area (Å²) in [5.41, 5.74) is 3.18. The predicted octanol–water partition coefficient (Wildman–Crippen LogP) is 3.05. The molecule has 1 aliphatic carbocycles. The zero-order valence-electron chi connectivity index (χ0n) is 15.5. The summed E-state index contributed by atoms with van der Waals surface area (Å²) in [5.74, 6) is 0.596. The average molecular weight is 362 g/mol. The number of benzene rings is 1. The first kappa shape index (κ1) is 17.3. The Morgan fingerprint density at radius 3 is 2.70 bits per heavy atom. The molecule has 0 spiro atoms. The molecule has 4 rings (SSSR count). The van der Waals surface area contributed by atoms with Crippen LogP contribution in [0.5, 0.6) is 5.75 Å². The van der Waals surface area contributed by atoms with E-state index in [1.54, 1.807) is 24.2 Å². The molecule has 0 atom stereocenters. The average Bonchev–Trinajstić information content (AvgIpc) is 3.42. The van der Waals surface area contributed by atoms with Gasteiger partial charge in [-0.15, -0.1) is 0 Å². The van der Waals surface area contributed by atoms with Gasteiger partial charge in [-0.2, -0.15) is 5.10 Å². The third-order valence-corrected chi connectivity index (χ3v) is 5.22. The first-order chi connectivity index (χ1) is 13.1. The van der Waals surface area contributed by atoms with Gasteiger partial charge < -0.3 is 10.1 Å². The van der Waals surface area contributed by atoms with Gasteiger partial charge in [0.05, 0.1) is 24.6 Å². The van der Waals surface area contributed by atoms with E-state index < -0.39 is 0 Å². The van der Waals surface area contributed by atoms with Crippen LogP contribution >= 0.6 is 0 Å². The number of hydrogen-bond acceptors (Lipinski definition) is 4. The molecular weight excluding hydrogens is 340 g/mol. The van der Waals surface area contributed by atoms with E-state index in [9.17, 15) is 4.79 Å². The Hall–Kier alpha value is -3.15. The third-order valence-electron chi connectivity index (χ3n) is 5.22. The highest BCUT2D eigenvalue weighted by atomic mass is 16.5. The van der Waals surface area contributed by atoms with Crippen molar-refractivity contribution in [3.8, 4) is 11.4 Å². The SMILES string of the molecule is COc1ccccc1-n1ncc(C(=O)NCC2(c3ccccn3)CC2)c1C. The maximum Gasteiger partial charge on any atom is 0.254 e. The second-order valence-corrected chi connectivity index (χ2v) is 6.91. The largest absolute Gasteiger partial charge is 0.494 e. The number of nitrogens with zero attached hydrogens (tertiary/aromatic N) is 3.